The van der Waals surface area contributed by atoms with E-state index in [0.717, 1.165) is 11.0 Å². The third kappa shape index (κ3) is 5.61. The molecular formula is C21H25F2N3O6. The van der Waals surface area contributed by atoms with Crippen molar-refractivity contribution in [3.05, 3.63) is 53.1 Å². The van der Waals surface area contributed by atoms with E-state index in [1.807, 2.05) is 0 Å². The van der Waals surface area contributed by atoms with Crippen LogP contribution in [-0.4, -0.2) is 65.1 Å². The minimum atomic E-state index is -1.66. The molecule has 3 unspecified atom stereocenters. The number of fused-ring (bicyclic) bond motifs is 1. The lowest BCUT2D eigenvalue weighted by molar-refractivity contribution is -0.133. The molecule has 0 saturated carbocycles. The molecule has 1 aromatic heterocycles. The number of benzene rings is 1. The van der Waals surface area contributed by atoms with Gasteiger partial charge in [-0.2, -0.15) is 4.98 Å². The van der Waals surface area contributed by atoms with Crippen LogP contribution in [0, 0.1) is 0 Å². The molecule has 0 fully saturated rings. The number of nitrogens with zero attached hydrogens (tertiary/aromatic N) is 2. The van der Waals surface area contributed by atoms with Gasteiger partial charge in [0.05, 0.1) is 19.8 Å². The third-order valence-electron chi connectivity index (χ3n) is 4.75. The number of hydrogen-bond donors (Lipinski definition) is 3. The summed E-state index contributed by atoms with van der Waals surface area (Å²) in [6.45, 7) is 1.95. The normalized spacial score (nSPS) is 16.0. The van der Waals surface area contributed by atoms with Crippen LogP contribution in [0.5, 0.6) is 11.5 Å². The fraction of sp³-hybridized carbons (Fsp3) is 0.429. The first-order valence-corrected chi connectivity index (χ1v) is 9.98. The molecule has 174 valence electrons. The van der Waals surface area contributed by atoms with Gasteiger partial charge in [0, 0.05) is 23.9 Å². The minimum Gasteiger partial charge on any atom is -0.490 e. The van der Waals surface area contributed by atoms with E-state index in [1.54, 1.807) is 18.2 Å². The number of aromatic nitrogens is 2. The maximum absolute atomic E-state index is 13.5. The summed E-state index contributed by atoms with van der Waals surface area (Å²) in [5.41, 5.74) is 0.279. The van der Waals surface area contributed by atoms with Crippen LogP contribution in [0.15, 0.2) is 41.8 Å². The van der Waals surface area contributed by atoms with E-state index < -0.39 is 44.1 Å². The topological polar surface area (TPSA) is 115 Å². The van der Waals surface area contributed by atoms with E-state index in [4.69, 9.17) is 14.2 Å². The lowest BCUT2D eigenvalue weighted by atomic mass is 10.1. The Morgan fingerprint density at radius 3 is 2.66 bits per heavy atom. The minimum absolute atomic E-state index is 0.156. The van der Waals surface area contributed by atoms with Gasteiger partial charge in [0.25, 0.3) is 0 Å². The van der Waals surface area contributed by atoms with E-state index in [1.165, 1.54) is 12.3 Å². The highest BCUT2D eigenvalue weighted by Gasteiger charge is 2.25. The SMILES string of the molecule is C=C(Nc1ccn(C(CF)OC(CO)C(O)CF)c(=O)n1)c1ccc2c(c1)OCCCO2. The molecule has 2 heterocycles. The number of aliphatic hydroxyl groups excluding tert-OH is 2. The second-order valence-electron chi connectivity index (χ2n) is 7.01. The largest absolute Gasteiger partial charge is 0.490 e. The molecule has 3 rings (SSSR count). The van der Waals surface area contributed by atoms with E-state index in [-0.39, 0.29) is 5.82 Å². The van der Waals surface area contributed by atoms with Gasteiger partial charge >= 0.3 is 5.69 Å². The molecule has 2 aromatic rings. The van der Waals surface area contributed by atoms with Crippen LogP contribution in [0.4, 0.5) is 14.6 Å². The molecule has 3 N–H and O–H groups in total. The molecule has 32 heavy (non-hydrogen) atoms. The monoisotopic (exact) mass is 453 g/mol. The molecule has 1 aliphatic rings. The van der Waals surface area contributed by atoms with Gasteiger partial charge in [-0.25, -0.2) is 13.6 Å². The molecule has 0 amide bonds. The summed E-state index contributed by atoms with van der Waals surface area (Å²) in [6, 6.07) is 6.71. The van der Waals surface area contributed by atoms with Crippen LogP contribution in [-0.2, 0) is 4.74 Å². The summed E-state index contributed by atoms with van der Waals surface area (Å²) in [7, 11) is 0. The van der Waals surface area contributed by atoms with Crippen molar-refractivity contribution in [1.29, 1.82) is 0 Å². The molecular weight excluding hydrogens is 428 g/mol. The van der Waals surface area contributed by atoms with Gasteiger partial charge in [-0.15, -0.1) is 0 Å². The Labute approximate surface area is 182 Å². The predicted molar refractivity (Wildman–Crippen MR) is 112 cm³/mol. The van der Waals surface area contributed by atoms with E-state index in [2.05, 4.69) is 16.9 Å². The zero-order chi connectivity index (χ0) is 23.1. The van der Waals surface area contributed by atoms with Crippen LogP contribution >= 0.6 is 0 Å². The number of ether oxygens (including phenoxy) is 3. The molecule has 3 atom stereocenters. The van der Waals surface area contributed by atoms with Crippen molar-refractivity contribution in [2.75, 3.05) is 38.5 Å². The van der Waals surface area contributed by atoms with Crippen molar-refractivity contribution in [3.63, 3.8) is 0 Å². The molecule has 1 aliphatic heterocycles. The lowest BCUT2D eigenvalue weighted by Gasteiger charge is -2.25. The van der Waals surface area contributed by atoms with Crippen molar-refractivity contribution in [2.45, 2.75) is 24.9 Å². The first kappa shape index (κ1) is 23.6. The summed E-state index contributed by atoms with van der Waals surface area (Å²) in [4.78, 5) is 16.2. The van der Waals surface area contributed by atoms with Crippen molar-refractivity contribution in [2.24, 2.45) is 0 Å². The number of alkyl halides is 2. The predicted octanol–water partition coefficient (Wildman–Crippen LogP) is 1.66. The first-order valence-electron chi connectivity index (χ1n) is 9.98. The Morgan fingerprint density at radius 2 is 2.00 bits per heavy atom. The van der Waals surface area contributed by atoms with Gasteiger partial charge < -0.3 is 29.7 Å². The number of halogens is 2. The zero-order valence-corrected chi connectivity index (χ0v) is 17.2. The smallest absolute Gasteiger partial charge is 0.351 e. The van der Waals surface area contributed by atoms with Crippen molar-refractivity contribution < 1.29 is 33.2 Å². The summed E-state index contributed by atoms with van der Waals surface area (Å²) < 4.78 is 43.4. The molecule has 0 radical (unpaired) electrons. The van der Waals surface area contributed by atoms with E-state index >= 15 is 0 Å². The number of hydrogen-bond acceptors (Lipinski definition) is 8. The number of rotatable bonds is 10. The van der Waals surface area contributed by atoms with E-state index in [9.17, 15) is 23.8 Å². The molecule has 0 aliphatic carbocycles. The molecule has 9 nitrogen and oxygen atoms in total. The zero-order valence-electron chi connectivity index (χ0n) is 17.2. The van der Waals surface area contributed by atoms with Crippen LogP contribution in [0.3, 0.4) is 0 Å². The summed E-state index contributed by atoms with van der Waals surface area (Å²) in [5.74, 6) is 1.38. The average Bonchev–Trinajstić information content (AvgIpc) is 3.05. The summed E-state index contributed by atoms with van der Waals surface area (Å²) in [6.07, 6.45) is -2.53. The van der Waals surface area contributed by atoms with Gasteiger partial charge in [0.15, 0.2) is 17.7 Å². The van der Waals surface area contributed by atoms with Gasteiger partial charge in [-0.3, -0.25) is 4.57 Å². The summed E-state index contributed by atoms with van der Waals surface area (Å²) >= 11 is 0. The van der Waals surface area contributed by atoms with Crippen molar-refractivity contribution >= 4 is 11.5 Å². The third-order valence-corrected chi connectivity index (χ3v) is 4.75. The molecule has 1 aromatic carbocycles. The average molecular weight is 453 g/mol. The second-order valence-corrected chi connectivity index (χ2v) is 7.01. The van der Waals surface area contributed by atoms with E-state index in [0.29, 0.717) is 36.0 Å². The fourth-order valence-corrected chi connectivity index (χ4v) is 3.01. The Bertz CT molecular complexity index is 986. The molecule has 0 spiro atoms. The van der Waals surface area contributed by atoms with Gasteiger partial charge in [-0.1, -0.05) is 6.58 Å². The standard InChI is InChI=1S/C21H25F2N3O6/c1-13(14-3-4-16-17(9-14)31-8-2-7-30-16)24-19-5-6-26(21(29)25-19)20(11-23)32-18(12-27)15(28)10-22/h3-6,9,15,18,20,27-28H,1-2,7-8,10-12H2,(H,24,25,29). The number of anilines is 1. The fourth-order valence-electron chi connectivity index (χ4n) is 3.01. The second kappa shape index (κ2) is 11.0. The Morgan fingerprint density at radius 1 is 1.25 bits per heavy atom. The van der Waals surface area contributed by atoms with Gasteiger partial charge in [-0.05, 0) is 24.3 Å². The Hall–Kier alpha value is -3.02. The summed E-state index contributed by atoms with van der Waals surface area (Å²) in [5, 5.41) is 21.6. The Kier molecular flexibility index (Phi) is 8.14. The Balaban J connectivity index is 1.72. The molecule has 0 bridgehead atoms. The van der Waals surface area contributed by atoms with Crippen molar-refractivity contribution in [3.8, 4) is 11.5 Å². The van der Waals surface area contributed by atoms with Gasteiger partial charge in [0.1, 0.15) is 31.4 Å². The number of aliphatic hydroxyl groups is 2. The molecule has 11 heteroatoms. The highest BCUT2D eigenvalue weighted by molar-refractivity contribution is 5.75. The maximum Gasteiger partial charge on any atom is 0.351 e. The van der Waals surface area contributed by atoms with Crippen LogP contribution < -0.4 is 20.5 Å². The van der Waals surface area contributed by atoms with Crippen LogP contribution in [0.1, 0.15) is 18.2 Å². The van der Waals surface area contributed by atoms with Crippen molar-refractivity contribution in [1.82, 2.24) is 9.55 Å². The van der Waals surface area contributed by atoms with Gasteiger partial charge in [0.2, 0.25) is 0 Å². The van der Waals surface area contributed by atoms with Crippen LogP contribution in [0.25, 0.3) is 5.70 Å². The first-order chi connectivity index (χ1) is 15.5. The van der Waals surface area contributed by atoms with Crippen LogP contribution in [0.2, 0.25) is 0 Å². The lowest BCUT2D eigenvalue weighted by Crippen LogP contribution is -2.39. The highest BCUT2D eigenvalue weighted by Crippen LogP contribution is 2.32. The quantitative estimate of drug-likeness (QED) is 0.498. The number of nitrogens with one attached hydrogen (secondary N) is 1. The molecule has 0 saturated heterocycles. The highest BCUT2D eigenvalue weighted by atomic mass is 19.1. The maximum atomic E-state index is 13.5.